The van der Waals surface area contributed by atoms with Gasteiger partial charge >= 0.3 is 0 Å². The number of fused-ring (bicyclic) bond motifs is 2. The van der Waals surface area contributed by atoms with Crippen LogP contribution in [0.25, 0.3) is 44.7 Å². The third kappa shape index (κ3) is 3.68. The molecule has 0 aliphatic heterocycles. The molecule has 0 saturated carbocycles. The lowest BCUT2D eigenvalue weighted by Crippen LogP contribution is -2.13. The van der Waals surface area contributed by atoms with E-state index in [-0.39, 0.29) is 10.8 Å². The van der Waals surface area contributed by atoms with Crippen molar-refractivity contribution in [1.29, 1.82) is 0 Å². The van der Waals surface area contributed by atoms with E-state index in [1.807, 2.05) is 12.1 Å². The second kappa shape index (κ2) is 7.02. The molecule has 5 aromatic rings. The van der Waals surface area contributed by atoms with Crippen LogP contribution in [0.1, 0.15) is 53.1 Å². The van der Waals surface area contributed by atoms with E-state index in [9.17, 15) is 0 Å². The second-order valence-electron chi connectivity index (χ2n) is 10.5. The highest BCUT2D eigenvalue weighted by Crippen LogP contribution is 2.30. The standard InChI is InChI=1S/C27H29N5/c1-26(2,3)23-9-7-8-20(28-23)24-29-18-12-10-16(14-21(18)30-24)17-11-13-19-22(15-17)32-25(31-19)27(4,5)6/h7-15H,1-6H3,(H,29,30)(H,31,32). The van der Waals surface area contributed by atoms with Crippen molar-refractivity contribution < 1.29 is 0 Å². The largest absolute Gasteiger partial charge is 0.342 e. The zero-order valence-corrected chi connectivity index (χ0v) is 19.5. The molecule has 0 spiro atoms. The van der Waals surface area contributed by atoms with Gasteiger partial charge in [-0.3, -0.25) is 0 Å². The average Bonchev–Trinajstić information content (AvgIpc) is 3.36. The molecule has 0 aliphatic rings. The molecule has 0 bridgehead atoms. The van der Waals surface area contributed by atoms with Crippen molar-refractivity contribution in [3.05, 3.63) is 66.1 Å². The van der Waals surface area contributed by atoms with Gasteiger partial charge in [-0.2, -0.15) is 0 Å². The van der Waals surface area contributed by atoms with Crippen molar-refractivity contribution in [2.75, 3.05) is 0 Å². The summed E-state index contributed by atoms with van der Waals surface area (Å²) in [6.07, 6.45) is 0. The van der Waals surface area contributed by atoms with E-state index in [4.69, 9.17) is 15.0 Å². The fraction of sp³-hybridized carbons (Fsp3) is 0.296. The Labute approximate surface area is 188 Å². The zero-order valence-electron chi connectivity index (χ0n) is 19.5. The first-order valence-corrected chi connectivity index (χ1v) is 11.1. The van der Waals surface area contributed by atoms with E-state index in [0.717, 1.165) is 56.2 Å². The van der Waals surface area contributed by atoms with Crippen LogP contribution in [0.15, 0.2) is 54.6 Å². The maximum absolute atomic E-state index is 4.84. The van der Waals surface area contributed by atoms with E-state index in [2.05, 4.69) is 94.0 Å². The van der Waals surface area contributed by atoms with Gasteiger partial charge in [-0.05, 0) is 47.5 Å². The maximum atomic E-state index is 4.84. The van der Waals surface area contributed by atoms with Gasteiger partial charge in [-0.1, -0.05) is 59.7 Å². The monoisotopic (exact) mass is 423 g/mol. The lowest BCUT2D eigenvalue weighted by atomic mass is 9.91. The fourth-order valence-electron chi connectivity index (χ4n) is 3.84. The van der Waals surface area contributed by atoms with Crippen molar-refractivity contribution in [2.45, 2.75) is 52.4 Å². The molecule has 0 aliphatic carbocycles. The van der Waals surface area contributed by atoms with Crippen LogP contribution in [0.5, 0.6) is 0 Å². The number of aromatic amines is 2. The molecule has 32 heavy (non-hydrogen) atoms. The van der Waals surface area contributed by atoms with Crippen LogP contribution in [0, 0.1) is 0 Å². The molecule has 0 atom stereocenters. The number of benzene rings is 2. The number of pyridine rings is 1. The highest BCUT2D eigenvalue weighted by atomic mass is 15.0. The molecule has 0 unspecified atom stereocenters. The van der Waals surface area contributed by atoms with E-state index in [0.29, 0.717) is 0 Å². The number of H-pyrrole nitrogens is 2. The van der Waals surface area contributed by atoms with Gasteiger partial charge in [0, 0.05) is 16.5 Å². The van der Waals surface area contributed by atoms with Gasteiger partial charge in [-0.15, -0.1) is 0 Å². The third-order valence-corrected chi connectivity index (χ3v) is 5.77. The lowest BCUT2D eigenvalue weighted by Gasteiger charge is -2.17. The Hall–Kier alpha value is -3.47. The normalized spacial score (nSPS) is 12.7. The summed E-state index contributed by atoms with van der Waals surface area (Å²) in [6.45, 7) is 13.0. The van der Waals surface area contributed by atoms with Crippen molar-refractivity contribution in [2.24, 2.45) is 0 Å². The van der Waals surface area contributed by atoms with Crippen molar-refractivity contribution in [3.8, 4) is 22.6 Å². The summed E-state index contributed by atoms with van der Waals surface area (Å²) < 4.78 is 0. The highest BCUT2D eigenvalue weighted by Gasteiger charge is 2.19. The summed E-state index contributed by atoms with van der Waals surface area (Å²) in [5.41, 5.74) is 8.17. The third-order valence-electron chi connectivity index (χ3n) is 5.77. The van der Waals surface area contributed by atoms with Gasteiger partial charge in [0.15, 0.2) is 5.82 Å². The minimum atomic E-state index is -0.0112. The smallest absolute Gasteiger partial charge is 0.157 e. The van der Waals surface area contributed by atoms with Gasteiger partial charge in [0.05, 0.1) is 22.1 Å². The number of nitrogens with one attached hydrogen (secondary N) is 2. The molecule has 2 N–H and O–H groups in total. The summed E-state index contributed by atoms with van der Waals surface area (Å²) in [4.78, 5) is 21.3. The molecule has 0 radical (unpaired) electrons. The van der Waals surface area contributed by atoms with Gasteiger partial charge < -0.3 is 9.97 Å². The summed E-state index contributed by atoms with van der Waals surface area (Å²) in [7, 11) is 0. The minimum Gasteiger partial charge on any atom is -0.342 e. The molecule has 0 saturated heterocycles. The topological polar surface area (TPSA) is 70.2 Å². The van der Waals surface area contributed by atoms with E-state index in [1.165, 1.54) is 0 Å². The number of hydrogen-bond donors (Lipinski definition) is 2. The fourth-order valence-corrected chi connectivity index (χ4v) is 3.84. The second-order valence-corrected chi connectivity index (χ2v) is 10.5. The van der Waals surface area contributed by atoms with E-state index in [1.54, 1.807) is 0 Å². The molecule has 5 rings (SSSR count). The Bertz CT molecular complexity index is 1440. The van der Waals surface area contributed by atoms with Crippen LogP contribution < -0.4 is 0 Å². The molecular formula is C27H29N5. The lowest BCUT2D eigenvalue weighted by molar-refractivity contribution is 0.554. The van der Waals surface area contributed by atoms with Crippen LogP contribution in [0.4, 0.5) is 0 Å². The van der Waals surface area contributed by atoms with Crippen molar-refractivity contribution >= 4 is 22.1 Å². The van der Waals surface area contributed by atoms with Gasteiger partial charge in [-0.25, -0.2) is 15.0 Å². The van der Waals surface area contributed by atoms with Crippen LogP contribution in [0.2, 0.25) is 0 Å². The summed E-state index contributed by atoms with van der Waals surface area (Å²) >= 11 is 0. The molecule has 2 aromatic carbocycles. The Balaban J connectivity index is 1.53. The Morgan fingerprint density at radius 2 is 1.25 bits per heavy atom. The SMILES string of the molecule is CC(C)(C)c1cccc(-c2nc3ccc(-c4ccc5nc(C(C)(C)C)[nH]c5c4)cc3[nH]2)n1. The average molecular weight is 424 g/mol. The van der Waals surface area contributed by atoms with Crippen LogP contribution >= 0.6 is 0 Å². The summed E-state index contributed by atoms with van der Waals surface area (Å²) in [5.74, 6) is 1.80. The Morgan fingerprint density at radius 3 is 1.88 bits per heavy atom. The van der Waals surface area contributed by atoms with Crippen molar-refractivity contribution in [3.63, 3.8) is 0 Å². The van der Waals surface area contributed by atoms with Gasteiger partial charge in [0.1, 0.15) is 11.5 Å². The maximum Gasteiger partial charge on any atom is 0.157 e. The van der Waals surface area contributed by atoms with E-state index < -0.39 is 0 Å². The molecule has 3 aromatic heterocycles. The molecule has 3 heterocycles. The number of rotatable bonds is 2. The minimum absolute atomic E-state index is 0.00658. The zero-order chi connectivity index (χ0) is 22.7. The summed E-state index contributed by atoms with van der Waals surface area (Å²) in [6, 6.07) is 18.8. The highest BCUT2D eigenvalue weighted by molar-refractivity contribution is 5.87. The van der Waals surface area contributed by atoms with Gasteiger partial charge in [0.25, 0.3) is 0 Å². The van der Waals surface area contributed by atoms with E-state index >= 15 is 0 Å². The Kier molecular flexibility index (Phi) is 4.48. The molecule has 0 fully saturated rings. The predicted octanol–water partition coefficient (Wildman–Crippen LogP) is 6.76. The first-order chi connectivity index (χ1) is 15.1. The van der Waals surface area contributed by atoms with Gasteiger partial charge in [0.2, 0.25) is 0 Å². The number of imidazole rings is 2. The first kappa shape index (κ1) is 20.4. The summed E-state index contributed by atoms with van der Waals surface area (Å²) in [5, 5.41) is 0. The Morgan fingerprint density at radius 1 is 0.625 bits per heavy atom. The number of hydrogen-bond acceptors (Lipinski definition) is 3. The first-order valence-electron chi connectivity index (χ1n) is 11.1. The quantitative estimate of drug-likeness (QED) is 0.329. The number of aromatic nitrogens is 5. The van der Waals surface area contributed by atoms with Crippen molar-refractivity contribution in [1.82, 2.24) is 24.9 Å². The van der Waals surface area contributed by atoms with Crippen LogP contribution in [-0.2, 0) is 10.8 Å². The molecule has 162 valence electrons. The predicted molar refractivity (Wildman–Crippen MR) is 132 cm³/mol. The number of nitrogens with zero attached hydrogens (tertiary/aromatic N) is 3. The van der Waals surface area contributed by atoms with Crippen LogP contribution in [0.3, 0.4) is 0 Å². The molecule has 0 amide bonds. The molecule has 5 nitrogen and oxygen atoms in total. The molecular weight excluding hydrogens is 394 g/mol. The van der Waals surface area contributed by atoms with Crippen LogP contribution in [-0.4, -0.2) is 24.9 Å². The molecule has 5 heteroatoms.